The van der Waals surface area contributed by atoms with Gasteiger partial charge in [0.25, 0.3) is 0 Å². The van der Waals surface area contributed by atoms with Crippen LogP contribution >= 0.6 is 22.9 Å². The van der Waals surface area contributed by atoms with Gasteiger partial charge in [0.2, 0.25) is 0 Å². The van der Waals surface area contributed by atoms with E-state index in [-0.39, 0.29) is 6.61 Å². The van der Waals surface area contributed by atoms with Gasteiger partial charge in [-0.1, -0.05) is 35.4 Å². The van der Waals surface area contributed by atoms with Crippen LogP contribution in [-0.2, 0) is 6.42 Å². The Morgan fingerprint density at radius 1 is 1.44 bits per heavy atom. The van der Waals surface area contributed by atoms with E-state index in [1.165, 1.54) is 5.56 Å². The number of benzene rings is 1. The number of hydrogen-bond acceptors (Lipinski definition) is 3. The molecule has 0 aliphatic carbocycles. The van der Waals surface area contributed by atoms with Crippen molar-refractivity contribution in [3.05, 3.63) is 39.9 Å². The number of aryl methyl sites for hydroxylation is 1. The summed E-state index contributed by atoms with van der Waals surface area (Å²) in [6, 6.07) is 8.15. The van der Waals surface area contributed by atoms with E-state index in [0.29, 0.717) is 11.6 Å². The molecule has 0 spiro atoms. The Bertz CT molecular complexity index is 496. The summed E-state index contributed by atoms with van der Waals surface area (Å²) < 4.78 is 0. The molecular formula is C12H12ClNOS. The van der Waals surface area contributed by atoms with Crippen molar-refractivity contribution in [1.29, 1.82) is 0 Å². The Labute approximate surface area is 104 Å². The van der Waals surface area contributed by atoms with Crippen LogP contribution in [0.2, 0.25) is 5.15 Å². The maximum Gasteiger partial charge on any atom is 0.143 e. The molecule has 0 aliphatic heterocycles. The summed E-state index contributed by atoms with van der Waals surface area (Å²) in [6.07, 6.45) is 0.572. The zero-order valence-corrected chi connectivity index (χ0v) is 10.5. The maximum absolute atomic E-state index is 8.89. The minimum absolute atomic E-state index is 0.106. The third kappa shape index (κ3) is 2.43. The fraction of sp³-hybridized carbons (Fsp3) is 0.250. The normalized spacial score (nSPS) is 10.7. The maximum atomic E-state index is 8.89. The zero-order valence-electron chi connectivity index (χ0n) is 8.90. The summed E-state index contributed by atoms with van der Waals surface area (Å²) in [5, 5.41) is 10.3. The molecule has 0 amide bonds. The second-order valence-corrected chi connectivity index (χ2v) is 5.02. The van der Waals surface area contributed by atoms with E-state index in [1.54, 1.807) is 11.3 Å². The van der Waals surface area contributed by atoms with Gasteiger partial charge in [0, 0.05) is 23.5 Å². The first-order valence-corrected chi connectivity index (χ1v) is 6.23. The van der Waals surface area contributed by atoms with Crippen LogP contribution in [0.5, 0.6) is 0 Å². The van der Waals surface area contributed by atoms with E-state index in [1.807, 2.05) is 25.1 Å². The molecular weight excluding hydrogens is 242 g/mol. The van der Waals surface area contributed by atoms with E-state index in [4.69, 9.17) is 16.7 Å². The number of nitrogens with zero attached hydrogens (tertiary/aromatic N) is 1. The molecule has 2 aromatic rings. The first-order chi connectivity index (χ1) is 7.70. The molecule has 0 unspecified atom stereocenters. The average Bonchev–Trinajstić information content (AvgIpc) is 2.61. The average molecular weight is 254 g/mol. The van der Waals surface area contributed by atoms with Crippen LogP contribution in [-0.4, -0.2) is 16.7 Å². The van der Waals surface area contributed by atoms with Crippen LogP contribution < -0.4 is 0 Å². The minimum atomic E-state index is 0.106. The Kier molecular flexibility index (Phi) is 3.59. The highest BCUT2D eigenvalue weighted by Gasteiger charge is 2.10. The molecule has 0 radical (unpaired) electrons. The summed E-state index contributed by atoms with van der Waals surface area (Å²) in [6.45, 7) is 2.16. The molecule has 0 aliphatic rings. The fourth-order valence-corrected chi connectivity index (χ4v) is 2.77. The highest BCUT2D eigenvalue weighted by Crippen LogP contribution is 2.31. The summed E-state index contributed by atoms with van der Waals surface area (Å²) >= 11 is 7.54. The van der Waals surface area contributed by atoms with Crippen molar-refractivity contribution in [2.45, 2.75) is 13.3 Å². The molecule has 1 aromatic heterocycles. The highest BCUT2D eigenvalue weighted by atomic mass is 35.5. The van der Waals surface area contributed by atoms with Gasteiger partial charge in [-0.3, -0.25) is 0 Å². The van der Waals surface area contributed by atoms with Gasteiger partial charge < -0.3 is 5.11 Å². The van der Waals surface area contributed by atoms with Crippen LogP contribution in [0.3, 0.4) is 0 Å². The first-order valence-electron chi connectivity index (χ1n) is 5.04. The second kappa shape index (κ2) is 4.95. The number of thiazole rings is 1. The SMILES string of the molecule is Cc1cccc(-c2nc(Cl)c(CCO)s2)c1. The van der Waals surface area contributed by atoms with E-state index >= 15 is 0 Å². The van der Waals surface area contributed by atoms with Crippen molar-refractivity contribution < 1.29 is 5.11 Å². The van der Waals surface area contributed by atoms with Crippen LogP contribution in [0.1, 0.15) is 10.4 Å². The molecule has 0 saturated heterocycles. The predicted octanol–water partition coefficient (Wildman–Crippen LogP) is 3.31. The topological polar surface area (TPSA) is 33.1 Å². The van der Waals surface area contributed by atoms with Crippen molar-refractivity contribution in [2.24, 2.45) is 0 Å². The third-order valence-corrected chi connectivity index (χ3v) is 3.84. The Morgan fingerprint density at radius 3 is 2.94 bits per heavy atom. The second-order valence-electron chi connectivity index (χ2n) is 3.58. The van der Waals surface area contributed by atoms with Crippen molar-refractivity contribution in [3.63, 3.8) is 0 Å². The van der Waals surface area contributed by atoms with Gasteiger partial charge in [-0.15, -0.1) is 11.3 Å². The molecule has 1 aromatic carbocycles. The fourth-order valence-electron chi connectivity index (χ4n) is 1.49. The number of aliphatic hydroxyl groups excluding tert-OH is 1. The van der Waals surface area contributed by atoms with Crippen molar-refractivity contribution in [2.75, 3.05) is 6.61 Å². The lowest BCUT2D eigenvalue weighted by molar-refractivity contribution is 0.300. The van der Waals surface area contributed by atoms with Gasteiger partial charge in [0.05, 0.1) is 0 Å². The molecule has 0 bridgehead atoms. The lowest BCUT2D eigenvalue weighted by Gasteiger charge is -1.96. The van der Waals surface area contributed by atoms with Crippen LogP contribution in [0, 0.1) is 6.92 Å². The van der Waals surface area contributed by atoms with Crippen molar-refractivity contribution in [1.82, 2.24) is 4.98 Å². The van der Waals surface area contributed by atoms with Gasteiger partial charge in [0.15, 0.2) is 0 Å². The Morgan fingerprint density at radius 2 is 2.25 bits per heavy atom. The van der Waals surface area contributed by atoms with Crippen LogP contribution in [0.4, 0.5) is 0 Å². The van der Waals surface area contributed by atoms with Gasteiger partial charge >= 0.3 is 0 Å². The van der Waals surface area contributed by atoms with E-state index in [9.17, 15) is 0 Å². The van der Waals surface area contributed by atoms with Crippen LogP contribution in [0.15, 0.2) is 24.3 Å². The third-order valence-electron chi connectivity index (χ3n) is 2.25. The van der Waals surface area contributed by atoms with Gasteiger partial charge in [-0.05, 0) is 13.0 Å². The van der Waals surface area contributed by atoms with E-state index in [0.717, 1.165) is 15.4 Å². The Hall–Kier alpha value is -0.900. The molecule has 0 saturated carbocycles. The molecule has 84 valence electrons. The smallest absolute Gasteiger partial charge is 0.143 e. The summed E-state index contributed by atoms with van der Waals surface area (Å²) in [5.41, 5.74) is 2.28. The summed E-state index contributed by atoms with van der Waals surface area (Å²) in [4.78, 5) is 5.26. The van der Waals surface area contributed by atoms with Crippen molar-refractivity contribution >= 4 is 22.9 Å². The largest absolute Gasteiger partial charge is 0.396 e. The molecule has 1 heterocycles. The standard InChI is InChI=1S/C12H12ClNOS/c1-8-3-2-4-9(7-8)12-14-11(13)10(16-12)5-6-15/h2-4,7,15H,5-6H2,1H3. The lowest BCUT2D eigenvalue weighted by Crippen LogP contribution is -1.86. The predicted molar refractivity (Wildman–Crippen MR) is 68.1 cm³/mol. The number of aliphatic hydroxyl groups is 1. The monoisotopic (exact) mass is 253 g/mol. The quantitative estimate of drug-likeness (QED) is 0.911. The van der Waals surface area contributed by atoms with Gasteiger partial charge in [0.1, 0.15) is 10.2 Å². The molecule has 0 atom stereocenters. The number of hydrogen-bond donors (Lipinski definition) is 1. The number of halogens is 1. The molecule has 0 fully saturated rings. The lowest BCUT2D eigenvalue weighted by atomic mass is 10.1. The summed E-state index contributed by atoms with van der Waals surface area (Å²) in [7, 11) is 0. The van der Waals surface area contributed by atoms with E-state index < -0.39 is 0 Å². The molecule has 4 heteroatoms. The van der Waals surface area contributed by atoms with E-state index in [2.05, 4.69) is 11.1 Å². The molecule has 1 N–H and O–H groups in total. The molecule has 2 nitrogen and oxygen atoms in total. The van der Waals surface area contributed by atoms with Crippen LogP contribution in [0.25, 0.3) is 10.6 Å². The molecule has 16 heavy (non-hydrogen) atoms. The highest BCUT2D eigenvalue weighted by molar-refractivity contribution is 7.15. The zero-order chi connectivity index (χ0) is 11.5. The minimum Gasteiger partial charge on any atom is -0.396 e. The van der Waals surface area contributed by atoms with Crippen molar-refractivity contribution in [3.8, 4) is 10.6 Å². The van der Waals surface area contributed by atoms with Gasteiger partial charge in [-0.2, -0.15) is 0 Å². The number of aromatic nitrogens is 1. The summed E-state index contributed by atoms with van der Waals surface area (Å²) in [5.74, 6) is 0. The molecule has 2 rings (SSSR count). The van der Waals surface area contributed by atoms with Gasteiger partial charge in [-0.25, -0.2) is 4.98 Å². The Balaban J connectivity index is 2.37. The first kappa shape index (κ1) is 11.6. The number of rotatable bonds is 3.